The number of hydrogen-bond acceptors (Lipinski definition) is 6. The smallest absolute Gasteiger partial charge is 0.253 e. The molecule has 1 rings (SSSR count). The van der Waals surface area contributed by atoms with Gasteiger partial charge in [0.05, 0.1) is 25.8 Å². The van der Waals surface area contributed by atoms with Crippen molar-refractivity contribution < 1.29 is 28.7 Å². The molecule has 9 nitrogen and oxygen atoms in total. The molecular weight excluding hydrogens is 349 g/mol. The summed E-state index contributed by atoms with van der Waals surface area (Å²) in [5.74, 6) is -1.62. The normalized spacial score (nSPS) is 15.9. The largest absolute Gasteiger partial charge is 0.379 e. The minimum atomic E-state index is -0.787. The van der Waals surface area contributed by atoms with Crippen molar-refractivity contribution in [1.82, 2.24) is 15.5 Å². The van der Waals surface area contributed by atoms with Crippen LogP contribution in [-0.2, 0) is 28.7 Å². The predicted molar refractivity (Wildman–Crippen MR) is 91.2 cm³/mol. The fourth-order valence-corrected chi connectivity index (χ4v) is 1.95. The van der Waals surface area contributed by atoms with Crippen molar-refractivity contribution in [1.29, 1.82) is 0 Å². The van der Waals surface area contributed by atoms with Crippen molar-refractivity contribution in [2.24, 2.45) is 0 Å². The quantitative estimate of drug-likeness (QED) is 0.281. The summed E-state index contributed by atoms with van der Waals surface area (Å²) in [6.45, 7) is 3.37. The van der Waals surface area contributed by atoms with Crippen molar-refractivity contribution in [3.8, 4) is 0 Å². The minimum absolute atomic E-state index is 0.0237. The molecule has 0 aromatic rings. The second-order valence-corrected chi connectivity index (χ2v) is 6.01. The Kier molecular flexibility index (Phi) is 8.37. The molecule has 1 unspecified atom stereocenters. The number of rotatable bonds is 10. The maximum absolute atomic E-state index is 11.8. The van der Waals surface area contributed by atoms with E-state index >= 15 is 0 Å². The average Bonchev–Trinajstić information content (AvgIpc) is 2.85. The second kappa shape index (κ2) is 10.0. The van der Waals surface area contributed by atoms with Crippen LogP contribution in [0.5, 0.6) is 0 Å². The van der Waals surface area contributed by atoms with E-state index in [2.05, 4.69) is 10.6 Å². The van der Waals surface area contributed by atoms with E-state index < -0.39 is 18.0 Å². The van der Waals surface area contributed by atoms with Gasteiger partial charge in [-0.3, -0.25) is 28.9 Å². The van der Waals surface area contributed by atoms with Crippen LogP contribution in [0.2, 0.25) is 0 Å². The van der Waals surface area contributed by atoms with Gasteiger partial charge in [0.15, 0.2) is 5.52 Å². The van der Waals surface area contributed by atoms with Gasteiger partial charge in [0.1, 0.15) is 6.04 Å². The number of imide groups is 1. The molecule has 1 aliphatic rings. The maximum atomic E-state index is 11.8. The van der Waals surface area contributed by atoms with Crippen molar-refractivity contribution in [3.63, 3.8) is 0 Å². The molecule has 0 aliphatic carbocycles. The van der Waals surface area contributed by atoms with E-state index in [0.29, 0.717) is 0 Å². The summed E-state index contributed by atoms with van der Waals surface area (Å²) in [6, 6.07) is -1.43. The van der Waals surface area contributed by atoms with Crippen LogP contribution in [0.25, 0.3) is 0 Å². The van der Waals surface area contributed by atoms with Crippen molar-refractivity contribution in [2.45, 2.75) is 32.4 Å². The van der Waals surface area contributed by atoms with Gasteiger partial charge in [-0.2, -0.15) is 0 Å². The summed E-state index contributed by atoms with van der Waals surface area (Å²) in [5.41, 5.74) is -0.259. The van der Waals surface area contributed by atoms with Crippen LogP contribution < -0.4 is 10.6 Å². The average molecular weight is 371 g/mol. The van der Waals surface area contributed by atoms with Gasteiger partial charge in [-0.15, -0.1) is 0 Å². The number of carbonyl (C=O) groups is 5. The Balaban J connectivity index is 2.17. The third-order valence-corrected chi connectivity index (χ3v) is 3.89. The number of hydrogen-bond donors (Lipinski definition) is 2. The number of amides is 4. The SMILES string of the molecule is C[C@H](NC(=O)[C@H](C)NC(=O)CCOCCN1C(=O)C=CC1=O)C(=O)P. The Morgan fingerprint density at radius 2 is 1.68 bits per heavy atom. The molecule has 4 amide bonds. The molecular formula is C15H22N3O6P. The highest BCUT2D eigenvalue weighted by molar-refractivity contribution is 7.40. The standard InChI is InChI=1S/C15H22N3O6P/c1-9(14(22)17-10(2)15(23)25)16-11(19)5-7-24-8-6-18-12(20)3-4-13(18)21/h3-4,9-10H,5-8,25H2,1-2H3,(H,16,19)(H,17,22)/t9-,10-/m0/s1. The van der Waals surface area contributed by atoms with Gasteiger partial charge < -0.3 is 15.4 Å². The van der Waals surface area contributed by atoms with E-state index in [0.717, 1.165) is 4.90 Å². The first-order valence-corrected chi connectivity index (χ1v) is 8.30. The number of ether oxygens (including phenoxy) is 1. The van der Waals surface area contributed by atoms with Crippen LogP contribution in [0.4, 0.5) is 0 Å². The molecule has 0 spiro atoms. The van der Waals surface area contributed by atoms with Crippen LogP contribution in [0, 0.1) is 0 Å². The molecule has 0 aromatic carbocycles. The zero-order chi connectivity index (χ0) is 19.0. The van der Waals surface area contributed by atoms with E-state index in [4.69, 9.17) is 4.74 Å². The van der Waals surface area contributed by atoms with Crippen LogP contribution in [-0.4, -0.2) is 65.9 Å². The highest BCUT2D eigenvalue weighted by Gasteiger charge is 2.22. The lowest BCUT2D eigenvalue weighted by atomic mass is 10.2. The molecule has 25 heavy (non-hydrogen) atoms. The summed E-state index contributed by atoms with van der Waals surface area (Å²) in [4.78, 5) is 58.2. The first-order chi connectivity index (χ1) is 11.7. The molecule has 0 radical (unpaired) electrons. The van der Waals surface area contributed by atoms with Gasteiger partial charge in [0.25, 0.3) is 11.8 Å². The van der Waals surface area contributed by atoms with E-state index in [1.54, 1.807) is 6.92 Å². The summed E-state index contributed by atoms with van der Waals surface area (Å²) in [7, 11) is 1.98. The fraction of sp³-hybridized carbons (Fsp3) is 0.533. The van der Waals surface area contributed by atoms with Gasteiger partial charge >= 0.3 is 0 Å². The Labute approximate surface area is 147 Å². The Hall–Kier alpha value is -2.12. The molecule has 1 aliphatic heterocycles. The lowest BCUT2D eigenvalue weighted by molar-refractivity contribution is -0.138. The molecule has 0 saturated heterocycles. The third kappa shape index (κ3) is 7.11. The second-order valence-electron chi connectivity index (χ2n) is 5.45. The summed E-state index contributed by atoms with van der Waals surface area (Å²) in [5, 5.41) is 4.96. The molecule has 0 fully saturated rings. The predicted octanol–water partition coefficient (Wildman–Crippen LogP) is -1.27. The van der Waals surface area contributed by atoms with E-state index in [1.165, 1.54) is 19.1 Å². The van der Waals surface area contributed by atoms with Crippen LogP contribution in [0.15, 0.2) is 12.2 Å². The highest BCUT2D eigenvalue weighted by atomic mass is 31.0. The summed E-state index contributed by atoms with van der Waals surface area (Å²) >= 11 is 0. The number of nitrogens with one attached hydrogen (secondary N) is 2. The maximum Gasteiger partial charge on any atom is 0.253 e. The van der Waals surface area contributed by atoms with E-state index in [-0.39, 0.29) is 49.4 Å². The zero-order valence-electron chi connectivity index (χ0n) is 14.1. The Morgan fingerprint density at radius 1 is 1.08 bits per heavy atom. The van der Waals surface area contributed by atoms with Gasteiger partial charge in [0, 0.05) is 18.6 Å². The molecule has 138 valence electrons. The fourth-order valence-electron chi connectivity index (χ4n) is 1.86. The molecule has 0 saturated carbocycles. The van der Waals surface area contributed by atoms with Crippen molar-refractivity contribution in [3.05, 3.63) is 12.2 Å². The zero-order valence-corrected chi connectivity index (χ0v) is 15.3. The topological polar surface area (TPSA) is 122 Å². The third-order valence-electron chi connectivity index (χ3n) is 3.39. The highest BCUT2D eigenvalue weighted by Crippen LogP contribution is 2.02. The van der Waals surface area contributed by atoms with E-state index in [1.807, 2.05) is 9.24 Å². The lowest BCUT2D eigenvalue weighted by Crippen LogP contribution is -2.48. The molecule has 0 aromatic heterocycles. The summed E-state index contributed by atoms with van der Waals surface area (Å²) in [6.07, 6.45) is 2.40. The van der Waals surface area contributed by atoms with Gasteiger partial charge in [-0.1, -0.05) is 9.24 Å². The Bertz CT molecular complexity index is 574. The van der Waals surface area contributed by atoms with E-state index in [9.17, 15) is 24.0 Å². The van der Waals surface area contributed by atoms with Crippen molar-refractivity contribution >= 4 is 38.4 Å². The first kappa shape index (κ1) is 20.9. The lowest BCUT2D eigenvalue weighted by Gasteiger charge is -2.17. The van der Waals surface area contributed by atoms with Gasteiger partial charge in [-0.25, -0.2) is 0 Å². The van der Waals surface area contributed by atoms with Gasteiger partial charge in [0.2, 0.25) is 11.8 Å². The number of nitrogens with zero attached hydrogens (tertiary/aromatic N) is 1. The molecule has 1 heterocycles. The summed E-state index contributed by atoms with van der Waals surface area (Å²) < 4.78 is 5.22. The number of carbonyl (C=O) groups excluding carboxylic acids is 5. The van der Waals surface area contributed by atoms with Crippen LogP contribution in [0.1, 0.15) is 20.3 Å². The first-order valence-electron chi connectivity index (χ1n) is 7.72. The molecule has 3 atom stereocenters. The Morgan fingerprint density at radius 3 is 2.24 bits per heavy atom. The van der Waals surface area contributed by atoms with Crippen LogP contribution >= 0.6 is 9.24 Å². The molecule has 2 N–H and O–H groups in total. The monoisotopic (exact) mass is 371 g/mol. The minimum Gasteiger partial charge on any atom is -0.379 e. The van der Waals surface area contributed by atoms with Crippen molar-refractivity contribution in [2.75, 3.05) is 19.8 Å². The van der Waals surface area contributed by atoms with Gasteiger partial charge in [-0.05, 0) is 13.8 Å². The molecule has 10 heteroatoms. The molecule has 0 bridgehead atoms. The van der Waals surface area contributed by atoms with Crippen LogP contribution in [0.3, 0.4) is 0 Å².